The molecular weight excluding hydrogens is 206 g/mol. The monoisotopic (exact) mass is 231 g/mol. The van der Waals surface area contributed by atoms with Gasteiger partial charge in [-0.1, -0.05) is 26.2 Å². The van der Waals surface area contributed by atoms with Crippen LogP contribution in [0.5, 0.6) is 0 Å². The zero-order chi connectivity index (χ0) is 11.3. The Morgan fingerprint density at radius 1 is 1.40 bits per heavy atom. The van der Waals surface area contributed by atoms with Crippen molar-refractivity contribution in [1.82, 2.24) is 4.90 Å². The van der Waals surface area contributed by atoms with Gasteiger partial charge in [-0.3, -0.25) is 0 Å². The zero-order valence-corrected chi connectivity index (χ0v) is 11.0. The van der Waals surface area contributed by atoms with Gasteiger partial charge in [-0.05, 0) is 31.6 Å². The van der Waals surface area contributed by atoms with Gasteiger partial charge in [0.2, 0.25) is 0 Å². The first-order valence-corrected chi connectivity index (χ1v) is 6.74. The van der Waals surface area contributed by atoms with E-state index in [1.807, 2.05) is 0 Å². The third kappa shape index (κ3) is 4.33. The standard InChI is InChI=1S/C12H25NOS/c1-3-11(9-15)8-13(2)10-12(14)6-4-5-7-12/h11,14-15H,3-10H2,1-2H3. The summed E-state index contributed by atoms with van der Waals surface area (Å²) in [5.41, 5.74) is -0.399. The predicted molar refractivity (Wildman–Crippen MR) is 68.5 cm³/mol. The largest absolute Gasteiger partial charge is 0.389 e. The molecule has 90 valence electrons. The maximum atomic E-state index is 10.3. The first-order chi connectivity index (χ1) is 7.09. The van der Waals surface area contributed by atoms with E-state index in [2.05, 4.69) is 31.5 Å². The molecule has 0 amide bonds. The van der Waals surface area contributed by atoms with Crippen LogP contribution in [0, 0.1) is 5.92 Å². The molecule has 1 unspecified atom stereocenters. The Balaban J connectivity index is 2.31. The Labute approximate surface area is 99.5 Å². The summed E-state index contributed by atoms with van der Waals surface area (Å²) in [5.74, 6) is 1.60. The minimum Gasteiger partial charge on any atom is -0.389 e. The SMILES string of the molecule is CCC(CS)CN(C)CC1(O)CCCC1. The van der Waals surface area contributed by atoms with E-state index in [1.54, 1.807) is 0 Å². The zero-order valence-electron chi connectivity index (χ0n) is 10.1. The third-order valence-electron chi connectivity index (χ3n) is 3.50. The second kappa shape index (κ2) is 6.12. The number of hydrogen-bond donors (Lipinski definition) is 2. The van der Waals surface area contributed by atoms with Crippen molar-refractivity contribution in [2.24, 2.45) is 5.92 Å². The van der Waals surface area contributed by atoms with E-state index in [4.69, 9.17) is 0 Å². The van der Waals surface area contributed by atoms with Crippen molar-refractivity contribution < 1.29 is 5.11 Å². The molecule has 1 fully saturated rings. The summed E-state index contributed by atoms with van der Waals surface area (Å²) in [5, 5.41) is 10.3. The second-order valence-electron chi connectivity index (χ2n) is 5.09. The van der Waals surface area contributed by atoms with E-state index in [0.717, 1.165) is 31.7 Å². The number of hydrogen-bond acceptors (Lipinski definition) is 3. The molecule has 15 heavy (non-hydrogen) atoms. The molecule has 0 aromatic heterocycles. The lowest BCUT2D eigenvalue weighted by Crippen LogP contribution is -2.41. The highest BCUT2D eigenvalue weighted by Crippen LogP contribution is 2.30. The molecule has 0 heterocycles. The molecule has 0 saturated heterocycles. The van der Waals surface area contributed by atoms with Crippen molar-refractivity contribution in [1.29, 1.82) is 0 Å². The highest BCUT2D eigenvalue weighted by molar-refractivity contribution is 7.80. The number of aliphatic hydroxyl groups is 1. The molecule has 3 heteroatoms. The minimum atomic E-state index is -0.399. The summed E-state index contributed by atoms with van der Waals surface area (Å²) in [6.45, 7) is 4.10. The number of rotatable bonds is 6. The van der Waals surface area contributed by atoms with E-state index in [9.17, 15) is 5.11 Å². The normalized spacial score (nSPS) is 22.2. The highest BCUT2D eigenvalue weighted by Gasteiger charge is 2.32. The summed E-state index contributed by atoms with van der Waals surface area (Å²) >= 11 is 4.35. The van der Waals surface area contributed by atoms with Crippen molar-refractivity contribution in [3.05, 3.63) is 0 Å². The Bertz CT molecular complexity index is 176. The van der Waals surface area contributed by atoms with E-state index >= 15 is 0 Å². The molecule has 1 saturated carbocycles. The molecular formula is C12H25NOS. The Morgan fingerprint density at radius 2 is 2.00 bits per heavy atom. The molecule has 0 radical (unpaired) electrons. The quantitative estimate of drug-likeness (QED) is 0.685. The Kier molecular flexibility index (Phi) is 5.44. The molecule has 1 N–H and O–H groups in total. The first-order valence-electron chi connectivity index (χ1n) is 6.11. The Morgan fingerprint density at radius 3 is 2.47 bits per heavy atom. The number of thiol groups is 1. The minimum absolute atomic E-state index is 0.399. The Hall–Kier alpha value is 0.270. The van der Waals surface area contributed by atoms with Crippen LogP contribution >= 0.6 is 12.6 Å². The lowest BCUT2D eigenvalue weighted by Gasteiger charge is -2.30. The van der Waals surface area contributed by atoms with Gasteiger partial charge < -0.3 is 10.0 Å². The first kappa shape index (κ1) is 13.3. The smallest absolute Gasteiger partial charge is 0.0774 e. The molecule has 0 bridgehead atoms. The average Bonchev–Trinajstić information content (AvgIpc) is 2.61. The third-order valence-corrected chi connectivity index (χ3v) is 4.02. The van der Waals surface area contributed by atoms with Crippen LogP contribution in [0.25, 0.3) is 0 Å². The maximum Gasteiger partial charge on any atom is 0.0774 e. The van der Waals surface area contributed by atoms with E-state index in [0.29, 0.717) is 5.92 Å². The van der Waals surface area contributed by atoms with E-state index in [1.165, 1.54) is 19.3 Å². The van der Waals surface area contributed by atoms with Crippen molar-refractivity contribution in [3.63, 3.8) is 0 Å². The highest BCUT2D eigenvalue weighted by atomic mass is 32.1. The van der Waals surface area contributed by atoms with Gasteiger partial charge in [0.15, 0.2) is 0 Å². The van der Waals surface area contributed by atoms with Crippen LogP contribution in [0.1, 0.15) is 39.0 Å². The lowest BCUT2D eigenvalue weighted by atomic mass is 10.0. The molecule has 1 aliphatic rings. The fourth-order valence-electron chi connectivity index (χ4n) is 2.51. The predicted octanol–water partition coefficient (Wildman–Crippen LogP) is 2.18. The van der Waals surface area contributed by atoms with Gasteiger partial charge in [-0.15, -0.1) is 0 Å². The molecule has 1 aliphatic carbocycles. The topological polar surface area (TPSA) is 23.5 Å². The lowest BCUT2D eigenvalue weighted by molar-refractivity contribution is 0.0135. The van der Waals surface area contributed by atoms with Crippen LogP contribution in [-0.4, -0.2) is 41.5 Å². The number of likely N-dealkylation sites (N-methyl/N-ethyl adjacent to an activating group) is 1. The summed E-state index contributed by atoms with van der Waals surface area (Å²) in [7, 11) is 2.11. The molecule has 0 spiro atoms. The van der Waals surface area contributed by atoms with Crippen LogP contribution in [0.2, 0.25) is 0 Å². The van der Waals surface area contributed by atoms with Crippen LogP contribution in [0.15, 0.2) is 0 Å². The summed E-state index contributed by atoms with van der Waals surface area (Å²) < 4.78 is 0. The van der Waals surface area contributed by atoms with Crippen molar-refractivity contribution >= 4 is 12.6 Å². The van der Waals surface area contributed by atoms with Crippen LogP contribution in [0.4, 0.5) is 0 Å². The summed E-state index contributed by atoms with van der Waals surface area (Å²) in [6, 6.07) is 0. The molecule has 2 nitrogen and oxygen atoms in total. The van der Waals surface area contributed by atoms with Crippen molar-refractivity contribution in [2.45, 2.75) is 44.6 Å². The van der Waals surface area contributed by atoms with Crippen LogP contribution < -0.4 is 0 Å². The fraction of sp³-hybridized carbons (Fsp3) is 1.00. The van der Waals surface area contributed by atoms with Gasteiger partial charge in [-0.2, -0.15) is 12.6 Å². The summed E-state index contributed by atoms with van der Waals surface area (Å²) in [6.07, 6.45) is 5.51. The molecule has 0 aliphatic heterocycles. The van der Waals surface area contributed by atoms with E-state index < -0.39 is 5.60 Å². The van der Waals surface area contributed by atoms with Gasteiger partial charge in [0.25, 0.3) is 0 Å². The molecule has 1 rings (SSSR count). The van der Waals surface area contributed by atoms with Crippen molar-refractivity contribution in [2.75, 3.05) is 25.9 Å². The molecule has 0 aromatic rings. The van der Waals surface area contributed by atoms with E-state index in [-0.39, 0.29) is 0 Å². The fourth-order valence-corrected chi connectivity index (χ4v) is 2.89. The molecule has 0 aromatic carbocycles. The average molecular weight is 231 g/mol. The maximum absolute atomic E-state index is 10.3. The summed E-state index contributed by atoms with van der Waals surface area (Å²) in [4.78, 5) is 2.27. The van der Waals surface area contributed by atoms with Gasteiger partial charge in [0.05, 0.1) is 5.60 Å². The van der Waals surface area contributed by atoms with Gasteiger partial charge in [-0.25, -0.2) is 0 Å². The van der Waals surface area contributed by atoms with Crippen LogP contribution in [-0.2, 0) is 0 Å². The van der Waals surface area contributed by atoms with Gasteiger partial charge in [0, 0.05) is 13.1 Å². The number of nitrogens with zero attached hydrogens (tertiary/aromatic N) is 1. The van der Waals surface area contributed by atoms with Gasteiger partial charge >= 0.3 is 0 Å². The van der Waals surface area contributed by atoms with Crippen molar-refractivity contribution in [3.8, 4) is 0 Å². The second-order valence-corrected chi connectivity index (χ2v) is 5.45. The van der Waals surface area contributed by atoms with Crippen LogP contribution in [0.3, 0.4) is 0 Å². The van der Waals surface area contributed by atoms with Gasteiger partial charge in [0.1, 0.15) is 0 Å². The molecule has 1 atom stereocenters.